The number of morpholine rings is 1. The molecule has 0 aromatic carbocycles. The molecule has 0 bridgehead atoms. The smallest absolute Gasteiger partial charge is 0.243 e. The van der Waals surface area contributed by atoms with Gasteiger partial charge in [0.25, 0.3) is 0 Å². The van der Waals surface area contributed by atoms with E-state index in [0.29, 0.717) is 12.5 Å². The molecule has 1 aromatic heterocycles. The van der Waals surface area contributed by atoms with Gasteiger partial charge in [0, 0.05) is 64.3 Å². The summed E-state index contributed by atoms with van der Waals surface area (Å²) in [4.78, 5) is 24.5. The Bertz CT molecular complexity index is 558. The highest BCUT2D eigenvalue weighted by Gasteiger charge is 2.12. The van der Waals surface area contributed by atoms with Gasteiger partial charge >= 0.3 is 0 Å². The zero-order valence-corrected chi connectivity index (χ0v) is 16.7. The van der Waals surface area contributed by atoms with Crippen LogP contribution in [-0.4, -0.2) is 93.2 Å². The second kappa shape index (κ2) is 11.1. The number of ether oxygens (including phenoxy) is 1. The molecule has 1 aliphatic heterocycles. The second-order valence-electron chi connectivity index (χ2n) is 6.49. The first kappa shape index (κ1) is 20.6. The quantitative estimate of drug-likeness (QED) is 0.494. The largest absolute Gasteiger partial charge is 0.379 e. The van der Waals surface area contributed by atoms with Crippen LogP contribution >= 0.6 is 11.3 Å². The van der Waals surface area contributed by atoms with Crippen LogP contribution < -0.4 is 10.6 Å². The van der Waals surface area contributed by atoms with Crippen LogP contribution in [-0.2, 0) is 9.53 Å². The van der Waals surface area contributed by atoms with Gasteiger partial charge < -0.3 is 20.3 Å². The molecule has 1 unspecified atom stereocenters. The van der Waals surface area contributed by atoms with Crippen LogP contribution in [0.5, 0.6) is 0 Å². The molecule has 0 saturated carbocycles. The maximum absolute atomic E-state index is 11.8. The van der Waals surface area contributed by atoms with E-state index >= 15 is 0 Å². The number of aromatic nitrogens is 1. The molecule has 2 heterocycles. The molecule has 1 aromatic rings. The number of nitrogens with zero attached hydrogens (tertiary/aromatic N) is 4. The lowest BCUT2D eigenvalue weighted by molar-refractivity contribution is -0.127. The van der Waals surface area contributed by atoms with Crippen molar-refractivity contribution in [1.29, 1.82) is 0 Å². The van der Waals surface area contributed by atoms with Crippen molar-refractivity contribution in [3.8, 4) is 0 Å². The Balaban J connectivity index is 1.83. The van der Waals surface area contributed by atoms with Crippen molar-refractivity contribution in [2.45, 2.75) is 12.8 Å². The van der Waals surface area contributed by atoms with E-state index in [-0.39, 0.29) is 18.4 Å². The van der Waals surface area contributed by atoms with Crippen LogP contribution in [0, 0.1) is 0 Å². The normalized spacial score (nSPS) is 17.0. The number of hydrogen-bond donors (Lipinski definition) is 2. The van der Waals surface area contributed by atoms with Crippen LogP contribution in [0.4, 0.5) is 0 Å². The lowest BCUT2D eigenvalue weighted by Crippen LogP contribution is -2.45. The van der Waals surface area contributed by atoms with Crippen LogP contribution in [0.3, 0.4) is 0 Å². The molecule has 0 radical (unpaired) electrons. The van der Waals surface area contributed by atoms with Gasteiger partial charge in [0.1, 0.15) is 6.54 Å². The van der Waals surface area contributed by atoms with E-state index in [0.717, 1.165) is 44.4 Å². The Morgan fingerprint density at radius 3 is 2.85 bits per heavy atom. The predicted molar refractivity (Wildman–Crippen MR) is 105 cm³/mol. The van der Waals surface area contributed by atoms with Gasteiger partial charge in [-0.2, -0.15) is 0 Å². The van der Waals surface area contributed by atoms with Crippen LogP contribution in [0.2, 0.25) is 0 Å². The van der Waals surface area contributed by atoms with Crippen molar-refractivity contribution in [1.82, 2.24) is 25.4 Å². The van der Waals surface area contributed by atoms with Crippen molar-refractivity contribution >= 4 is 23.2 Å². The lowest BCUT2D eigenvalue weighted by atomic mass is 10.2. The number of hydrogen-bond acceptors (Lipinski definition) is 6. The van der Waals surface area contributed by atoms with Crippen molar-refractivity contribution in [2.24, 2.45) is 4.99 Å². The number of rotatable bonds is 8. The Hall–Kier alpha value is -1.71. The summed E-state index contributed by atoms with van der Waals surface area (Å²) >= 11 is 1.65. The number of amides is 1. The highest BCUT2D eigenvalue weighted by Crippen LogP contribution is 2.16. The molecule has 2 rings (SSSR count). The standard InChI is InChI=1S/C17H30N6O2S/c1-14(16-18-5-11-26-16)12-20-17(21-13-15(24)22(2)3)19-4-6-23-7-9-25-10-8-23/h5,11,14H,4,6-10,12-13H2,1-3H3,(H2,19,20,21). The second-order valence-corrected chi connectivity index (χ2v) is 7.41. The van der Waals surface area contributed by atoms with Crippen LogP contribution in [0.1, 0.15) is 17.8 Å². The fourth-order valence-electron chi connectivity index (χ4n) is 2.43. The SMILES string of the molecule is CC(CNC(=NCC(=O)N(C)C)NCCN1CCOCC1)c1nccs1. The zero-order chi connectivity index (χ0) is 18.8. The number of carbonyl (C=O) groups is 1. The molecule has 2 N–H and O–H groups in total. The van der Waals surface area contributed by atoms with Gasteiger partial charge in [0.05, 0.1) is 18.2 Å². The zero-order valence-electron chi connectivity index (χ0n) is 15.9. The predicted octanol–water partition coefficient (Wildman–Crippen LogP) is 0.202. The monoisotopic (exact) mass is 382 g/mol. The number of guanidine groups is 1. The maximum atomic E-state index is 11.8. The van der Waals surface area contributed by atoms with Gasteiger partial charge in [-0.1, -0.05) is 6.92 Å². The molecular formula is C17H30N6O2S. The summed E-state index contributed by atoms with van der Waals surface area (Å²) in [5.74, 6) is 0.926. The fraction of sp³-hybridized carbons (Fsp3) is 0.706. The van der Waals surface area contributed by atoms with E-state index in [1.807, 2.05) is 11.6 Å². The average Bonchev–Trinajstić information content (AvgIpc) is 3.18. The molecule has 0 spiro atoms. The minimum atomic E-state index is -0.0211. The van der Waals surface area contributed by atoms with Crippen molar-refractivity contribution in [3.63, 3.8) is 0 Å². The first-order valence-electron chi connectivity index (χ1n) is 8.98. The molecular weight excluding hydrogens is 352 g/mol. The molecule has 146 valence electrons. The maximum Gasteiger partial charge on any atom is 0.243 e. The van der Waals surface area contributed by atoms with Gasteiger partial charge in [-0.25, -0.2) is 9.98 Å². The molecule has 1 amide bonds. The third-order valence-electron chi connectivity index (χ3n) is 4.14. The van der Waals surface area contributed by atoms with Gasteiger partial charge in [-0.15, -0.1) is 11.3 Å². The van der Waals surface area contributed by atoms with E-state index in [2.05, 4.69) is 32.4 Å². The highest BCUT2D eigenvalue weighted by molar-refractivity contribution is 7.09. The lowest BCUT2D eigenvalue weighted by Gasteiger charge is -2.27. The van der Waals surface area contributed by atoms with E-state index in [9.17, 15) is 4.79 Å². The van der Waals surface area contributed by atoms with E-state index in [1.54, 1.807) is 30.3 Å². The number of nitrogens with one attached hydrogen (secondary N) is 2. The first-order chi connectivity index (χ1) is 12.6. The van der Waals surface area contributed by atoms with E-state index < -0.39 is 0 Å². The molecule has 26 heavy (non-hydrogen) atoms. The molecule has 1 saturated heterocycles. The Morgan fingerprint density at radius 1 is 1.42 bits per heavy atom. The van der Waals surface area contributed by atoms with E-state index in [4.69, 9.17) is 4.74 Å². The number of likely N-dealkylation sites (N-methyl/N-ethyl adjacent to an activating group) is 1. The summed E-state index contributed by atoms with van der Waals surface area (Å²) in [6.07, 6.45) is 1.82. The summed E-state index contributed by atoms with van der Waals surface area (Å²) in [6.45, 7) is 8.18. The number of aliphatic imine (C=N–C) groups is 1. The van der Waals surface area contributed by atoms with Crippen LogP contribution in [0.15, 0.2) is 16.6 Å². The Morgan fingerprint density at radius 2 is 2.19 bits per heavy atom. The summed E-state index contributed by atoms with van der Waals surface area (Å²) < 4.78 is 5.37. The van der Waals surface area contributed by atoms with E-state index in [1.165, 1.54) is 0 Å². The van der Waals surface area contributed by atoms with Gasteiger partial charge in [0.15, 0.2) is 5.96 Å². The molecule has 1 atom stereocenters. The third-order valence-corrected chi connectivity index (χ3v) is 5.15. The Kier molecular flexibility index (Phi) is 8.79. The average molecular weight is 383 g/mol. The summed E-state index contributed by atoms with van der Waals surface area (Å²) in [5, 5.41) is 9.74. The molecule has 9 heteroatoms. The summed E-state index contributed by atoms with van der Waals surface area (Å²) in [5.41, 5.74) is 0. The highest BCUT2D eigenvalue weighted by atomic mass is 32.1. The number of carbonyl (C=O) groups excluding carboxylic acids is 1. The van der Waals surface area contributed by atoms with Gasteiger partial charge in [-0.3, -0.25) is 9.69 Å². The topological polar surface area (TPSA) is 82.1 Å². The van der Waals surface area contributed by atoms with Crippen molar-refractivity contribution in [3.05, 3.63) is 16.6 Å². The molecule has 1 aliphatic rings. The van der Waals surface area contributed by atoms with Crippen LogP contribution in [0.25, 0.3) is 0 Å². The third kappa shape index (κ3) is 7.27. The number of thiazole rings is 1. The van der Waals surface area contributed by atoms with Crippen molar-refractivity contribution < 1.29 is 9.53 Å². The first-order valence-corrected chi connectivity index (χ1v) is 9.86. The minimum absolute atomic E-state index is 0.0211. The van der Waals surface area contributed by atoms with Gasteiger partial charge in [-0.05, 0) is 0 Å². The molecule has 8 nitrogen and oxygen atoms in total. The summed E-state index contributed by atoms with van der Waals surface area (Å²) in [7, 11) is 3.47. The minimum Gasteiger partial charge on any atom is -0.379 e. The molecule has 0 aliphatic carbocycles. The molecule has 1 fully saturated rings. The summed E-state index contributed by atoms with van der Waals surface area (Å²) in [6, 6.07) is 0. The van der Waals surface area contributed by atoms with Crippen molar-refractivity contribution in [2.75, 3.05) is 66.6 Å². The fourth-order valence-corrected chi connectivity index (χ4v) is 3.13. The van der Waals surface area contributed by atoms with Gasteiger partial charge in [0.2, 0.25) is 5.91 Å². The Labute approximate surface area is 159 Å².